The summed E-state index contributed by atoms with van der Waals surface area (Å²) in [6, 6.07) is 0.553. The van der Waals surface area contributed by atoms with E-state index < -0.39 is 5.97 Å². The van der Waals surface area contributed by atoms with Crippen LogP contribution in [-0.4, -0.2) is 47.6 Å². The first kappa shape index (κ1) is 14.3. The van der Waals surface area contributed by atoms with Crippen molar-refractivity contribution in [3.63, 3.8) is 0 Å². The van der Waals surface area contributed by atoms with Crippen LogP contribution in [0.3, 0.4) is 0 Å². The molecule has 0 aromatic carbocycles. The van der Waals surface area contributed by atoms with Crippen LogP contribution in [0.2, 0.25) is 0 Å². The van der Waals surface area contributed by atoms with Crippen molar-refractivity contribution in [2.45, 2.75) is 51.0 Å². The van der Waals surface area contributed by atoms with Gasteiger partial charge in [0.1, 0.15) is 6.54 Å². The lowest BCUT2D eigenvalue weighted by atomic mass is 9.89. The molecule has 0 bridgehead atoms. The zero-order valence-corrected chi connectivity index (χ0v) is 11.4. The number of carbonyl (C=O) groups is 2. The molecule has 108 valence electrons. The molecular weight excluding hydrogens is 244 g/mol. The number of nitrogens with one attached hydrogen (secondary N) is 1. The summed E-state index contributed by atoms with van der Waals surface area (Å²) in [5.74, 6) is -0.426. The third kappa shape index (κ3) is 5.19. The van der Waals surface area contributed by atoms with Crippen molar-refractivity contribution >= 4 is 11.9 Å². The zero-order valence-electron chi connectivity index (χ0n) is 11.4. The SMILES string of the molecule is O=C(O)CNC(=O)CN(CC1CCCCC1)C1CC1. The molecule has 2 aliphatic rings. The van der Waals surface area contributed by atoms with Crippen molar-refractivity contribution in [1.82, 2.24) is 10.2 Å². The van der Waals surface area contributed by atoms with Crippen LogP contribution in [0.5, 0.6) is 0 Å². The summed E-state index contributed by atoms with van der Waals surface area (Å²) >= 11 is 0. The van der Waals surface area contributed by atoms with Crippen molar-refractivity contribution in [3.05, 3.63) is 0 Å². The normalized spacial score (nSPS) is 20.5. The maximum Gasteiger partial charge on any atom is 0.322 e. The third-order valence-corrected chi connectivity index (χ3v) is 4.06. The molecule has 0 aromatic rings. The van der Waals surface area contributed by atoms with E-state index in [2.05, 4.69) is 10.2 Å². The molecule has 0 atom stereocenters. The summed E-state index contributed by atoms with van der Waals surface area (Å²) < 4.78 is 0. The van der Waals surface area contributed by atoms with Crippen molar-refractivity contribution in [1.29, 1.82) is 0 Å². The maximum atomic E-state index is 11.7. The van der Waals surface area contributed by atoms with Gasteiger partial charge in [-0.25, -0.2) is 0 Å². The average Bonchev–Trinajstić information content (AvgIpc) is 3.21. The largest absolute Gasteiger partial charge is 0.480 e. The second kappa shape index (κ2) is 6.89. The Hall–Kier alpha value is -1.10. The highest BCUT2D eigenvalue weighted by atomic mass is 16.4. The molecule has 2 fully saturated rings. The molecule has 0 saturated heterocycles. The minimum atomic E-state index is -0.987. The van der Waals surface area contributed by atoms with Crippen LogP contribution < -0.4 is 5.32 Å². The van der Waals surface area contributed by atoms with Crippen LogP contribution in [0.15, 0.2) is 0 Å². The summed E-state index contributed by atoms with van der Waals surface area (Å²) in [6.07, 6.45) is 8.89. The highest BCUT2D eigenvalue weighted by molar-refractivity contribution is 5.82. The van der Waals surface area contributed by atoms with Gasteiger partial charge in [-0.2, -0.15) is 0 Å². The molecule has 5 nitrogen and oxygen atoms in total. The molecule has 2 rings (SSSR count). The van der Waals surface area contributed by atoms with E-state index >= 15 is 0 Å². The topological polar surface area (TPSA) is 69.6 Å². The standard InChI is InChI=1S/C14H24N2O3/c17-13(15-8-14(18)19)10-16(12-6-7-12)9-11-4-2-1-3-5-11/h11-12H,1-10H2,(H,15,17)(H,18,19). The van der Waals surface area contributed by atoms with E-state index in [0.29, 0.717) is 12.6 Å². The minimum absolute atomic E-state index is 0.162. The molecule has 0 aromatic heterocycles. The fourth-order valence-electron chi connectivity index (χ4n) is 2.90. The number of rotatable bonds is 7. The van der Waals surface area contributed by atoms with Crippen LogP contribution in [0.4, 0.5) is 0 Å². The predicted molar refractivity (Wildman–Crippen MR) is 71.8 cm³/mol. The minimum Gasteiger partial charge on any atom is -0.480 e. The van der Waals surface area contributed by atoms with E-state index in [1.807, 2.05) is 0 Å². The number of aliphatic carboxylic acids is 1. The summed E-state index contributed by atoms with van der Waals surface area (Å²) in [5, 5.41) is 11.0. The number of carboxylic acids is 1. The first-order chi connectivity index (χ1) is 9.15. The second-order valence-corrected chi connectivity index (χ2v) is 5.84. The third-order valence-electron chi connectivity index (χ3n) is 4.06. The van der Waals surface area contributed by atoms with Gasteiger partial charge in [0.25, 0.3) is 0 Å². The van der Waals surface area contributed by atoms with Gasteiger partial charge in [0, 0.05) is 12.6 Å². The summed E-state index contributed by atoms with van der Waals surface area (Å²) in [6.45, 7) is 1.08. The summed E-state index contributed by atoms with van der Waals surface area (Å²) in [7, 11) is 0. The van der Waals surface area contributed by atoms with E-state index in [-0.39, 0.29) is 12.5 Å². The van der Waals surface area contributed by atoms with E-state index in [0.717, 1.165) is 12.5 Å². The highest BCUT2D eigenvalue weighted by Gasteiger charge is 2.32. The molecule has 1 amide bonds. The van der Waals surface area contributed by atoms with Crippen LogP contribution >= 0.6 is 0 Å². The summed E-state index contributed by atoms with van der Waals surface area (Å²) in [5.41, 5.74) is 0. The molecule has 0 heterocycles. The smallest absolute Gasteiger partial charge is 0.322 e. The van der Waals surface area contributed by atoms with Crippen LogP contribution in [-0.2, 0) is 9.59 Å². The van der Waals surface area contributed by atoms with Gasteiger partial charge in [-0.1, -0.05) is 19.3 Å². The van der Waals surface area contributed by atoms with Gasteiger partial charge in [-0.05, 0) is 31.6 Å². The molecule has 0 aliphatic heterocycles. The second-order valence-electron chi connectivity index (χ2n) is 5.84. The Bertz CT molecular complexity index is 323. The van der Waals surface area contributed by atoms with Gasteiger partial charge < -0.3 is 10.4 Å². The molecule has 2 saturated carbocycles. The Kier molecular flexibility index (Phi) is 5.19. The molecule has 0 radical (unpaired) electrons. The molecule has 19 heavy (non-hydrogen) atoms. The number of nitrogens with zero attached hydrogens (tertiary/aromatic N) is 1. The van der Waals surface area contributed by atoms with Crippen LogP contribution in [0, 0.1) is 5.92 Å². The van der Waals surface area contributed by atoms with Gasteiger partial charge >= 0.3 is 5.97 Å². The van der Waals surface area contributed by atoms with Gasteiger partial charge in [-0.3, -0.25) is 14.5 Å². The lowest BCUT2D eigenvalue weighted by Crippen LogP contribution is -2.42. The quantitative estimate of drug-likeness (QED) is 0.728. The zero-order chi connectivity index (χ0) is 13.7. The molecule has 0 unspecified atom stereocenters. The Morgan fingerprint density at radius 3 is 2.37 bits per heavy atom. The van der Waals surface area contributed by atoms with Crippen molar-refractivity contribution < 1.29 is 14.7 Å². The van der Waals surface area contributed by atoms with Crippen molar-refractivity contribution in [3.8, 4) is 0 Å². The Labute approximate surface area is 114 Å². The van der Waals surface area contributed by atoms with Crippen LogP contribution in [0.25, 0.3) is 0 Å². The average molecular weight is 268 g/mol. The molecular formula is C14H24N2O3. The highest BCUT2D eigenvalue weighted by Crippen LogP contribution is 2.30. The van der Waals surface area contributed by atoms with E-state index in [1.54, 1.807) is 0 Å². The number of amides is 1. The lowest BCUT2D eigenvalue weighted by Gasteiger charge is -2.29. The van der Waals surface area contributed by atoms with E-state index in [9.17, 15) is 9.59 Å². The van der Waals surface area contributed by atoms with E-state index in [4.69, 9.17) is 5.11 Å². The van der Waals surface area contributed by atoms with Crippen LogP contribution in [0.1, 0.15) is 44.9 Å². The first-order valence-electron chi connectivity index (χ1n) is 7.37. The molecule has 0 spiro atoms. The van der Waals surface area contributed by atoms with Gasteiger partial charge in [-0.15, -0.1) is 0 Å². The number of carbonyl (C=O) groups excluding carboxylic acids is 1. The lowest BCUT2D eigenvalue weighted by molar-refractivity contribution is -0.138. The van der Waals surface area contributed by atoms with Gasteiger partial charge in [0.15, 0.2) is 0 Å². The van der Waals surface area contributed by atoms with Gasteiger partial charge in [0.2, 0.25) is 5.91 Å². The maximum absolute atomic E-state index is 11.7. The Morgan fingerprint density at radius 2 is 1.79 bits per heavy atom. The van der Waals surface area contributed by atoms with Crippen molar-refractivity contribution in [2.24, 2.45) is 5.92 Å². The number of hydrogen-bond acceptors (Lipinski definition) is 3. The Morgan fingerprint density at radius 1 is 1.11 bits per heavy atom. The fourth-order valence-corrected chi connectivity index (χ4v) is 2.90. The van der Waals surface area contributed by atoms with Gasteiger partial charge in [0.05, 0.1) is 6.54 Å². The number of hydrogen-bond donors (Lipinski definition) is 2. The number of carboxylic acid groups (broad SMARTS) is 1. The molecule has 2 N–H and O–H groups in total. The molecule has 5 heteroatoms. The monoisotopic (exact) mass is 268 g/mol. The first-order valence-corrected chi connectivity index (χ1v) is 7.37. The van der Waals surface area contributed by atoms with Crippen molar-refractivity contribution in [2.75, 3.05) is 19.6 Å². The Balaban J connectivity index is 1.75. The summed E-state index contributed by atoms with van der Waals surface area (Å²) in [4.78, 5) is 24.4. The molecule has 2 aliphatic carbocycles. The fraction of sp³-hybridized carbons (Fsp3) is 0.857. The van der Waals surface area contributed by atoms with E-state index in [1.165, 1.54) is 44.9 Å². The predicted octanol–water partition coefficient (Wildman–Crippen LogP) is 1.23.